The molecule has 0 bridgehead atoms. The molecule has 2 aromatic rings. The van der Waals surface area contributed by atoms with Crippen molar-refractivity contribution in [2.24, 2.45) is 0 Å². The lowest BCUT2D eigenvalue weighted by atomic mass is 10.1. The average molecular weight is 365 g/mol. The summed E-state index contributed by atoms with van der Waals surface area (Å²) >= 11 is 5.31. The Balaban J connectivity index is 1.67. The number of thioether (sulfide) groups is 1. The third-order valence-corrected chi connectivity index (χ3v) is 5.34. The average Bonchev–Trinajstić information content (AvgIpc) is 2.88. The second-order valence-electron chi connectivity index (χ2n) is 5.22. The largest absolute Gasteiger partial charge is 0.492 e. The Morgan fingerprint density at radius 1 is 1.33 bits per heavy atom. The lowest BCUT2D eigenvalue weighted by Crippen LogP contribution is -2.14. The molecule has 0 saturated heterocycles. The summed E-state index contributed by atoms with van der Waals surface area (Å²) in [6.45, 7) is 2.41. The topological polar surface area (TPSA) is 29.5 Å². The first-order valence-electron chi connectivity index (χ1n) is 6.98. The third-order valence-electron chi connectivity index (χ3n) is 3.56. The molecule has 1 aliphatic rings. The Morgan fingerprint density at radius 3 is 2.90 bits per heavy atom. The number of ether oxygens (including phenoxy) is 1. The van der Waals surface area contributed by atoms with E-state index in [0.29, 0.717) is 11.9 Å². The van der Waals surface area contributed by atoms with Crippen molar-refractivity contribution in [1.82, 2.24) is 0 Å². The molecule has 4 heteroatoms. The Labute approximate surface area is 137 Å². The van der Waals surface area contributed by atoms with Gasteiger partial charge in [-0.3, -0.25) is 0 Å². The molecule has 110 valence electrons. The maximum atomic E-state index is 9.86. The van der Waals surface area contributed by atoms with Crippen LogP contribution < -0.4 is 4.74 Å². The van der Waals surface area contributed by atoms with Crippen LogP contribution in [0.3, 0.4) is 0 Å². The molecule has 0 saturated carbocycles. The van der Waals surface area contributed by atoms with E-state index in [-0.39, 0.29) is 0 Å². The number of hydrogen-bond donors (Lipinski definition) is 1. The van der Waals surface area contributed by atoms with E-state index in [4.69, 9.17) is 4.74 Å². The van der Waals surface area contributed by atoms with Crippen molar-refractivity contribution in [3.8, 4) is 5.75 Å². The Kier molecular flexibility index (Phi) is 4.57. The van der Waals surface area contributed by atoms with Crippen LogP contribution in [-0.4, -0.2) is 17.0 Å². The fourth-order valence-electron chi connectivity index (χ4n) is 2.51. The highest BCUT2D eigenvalue weighted by Gasteiger charge is 2.22. The molecule has 2 aromatic carbocycles. The molecule has 1 aliphatic heterocycles. The number of hydrogen-bond acceptors (Lipinski definition) is 3. The van der Waals surface area contributed by atoms with Gasteiger partial charge in [0.15, 0.2) is 0 Å². The van der Waals surface area contributed by atoms with Gasteiger partial charge in [0, 0.05) is 20.2 Å². The van der Waals surface area contributed by atoms with Crippen LogP contribution in [0.25, 0.3) is 0 Å². The number of benzene rings is 2. The summed E-state index contributed by atoms with van der Waals surface area (Å²) in [4.78, 5) is 1.36. The third kappa shape index (κ3) is 3.44. The fraction of sp³-hybridized carbons (Fsp3) is 0.294. The molecule has 2 nitrogen and oxygen atoms in total. The maximum Gasteiger partial charge on any atom is 0.125 e. The lowest BCUT2D eigenvalue weighted by Gasteiger charge is -2.16. The molecule has 2 unspecified atom stereocenters. The first-order valence-corrected chi connectivity index (χ1v) is 8.65. The molecule has 0 radical (unpaired) electrons. The van der Waals surface area contributed by atoms with Gasteiger partial charge >= 0.3 is 0 Å². The predicted octanol–water partition coefficient (Wildman–Crippen LogP) is 4.60. The minimum Gasteiger partial charge on any atom is -0.492 e. The van der Waals surface area contributed by atoms with Gasteiger partial charge in [-0.25, -0.2) is 0 Å². The molecule has 1 N–H and O–H groups in total. The summed E-state index contributed by atoms with van der Waals surface area (Å²) < 4.78 is 6.92. The number of halogens is 1. The molecule has 0 fully saturated rings. The van der Waals surface area contributed by atoms with E-state index < -0.39 is 6.10 Å². The summed E-state index contributed by atoms with van der Waals surface area (Å²) in [5, 5.41) is 10.3. The van der Waals surface area contributed by atoms with Crippen LogP contribution in [0.5, 0.6) is 5.75 Å². The van der Waals surface area contributed by atoms with Gasteiger partial charge in [-0.1, -0.05) is 34.1 Å². The number of rotatable bonds is 4. The van der Waals surface area contributed by atoms with Gasteiger partial charge in [0.1, 0.15) is 12.4 Å². The minimum atomic E-state index is -0.536. The van der Waals surface area contributed by atoms with Gasteiger partial charge in [-0.15, -0.1) is 11.8 Å². The Morgan fingerprint density at radius 2 is 2.14 bits per heavy atom. The van der Waals surface area contributed by atoms with Gasteiger partial charge < -0.3 is 9.84 Å². The second-order valence-corrected chi connectivity index (χ2v) is 7.48. The van der Waals surface area contributed by atoms with Crippen LogP contribution >= 0.6 is 27.7 Å². The molecule has 21 heavy (non-hydrogen) atoms. The molecule has 1 heterocycles. The molecule has 2 atom stereocenters. The summed E-state index contributed by atoms with van der Waals surface area (Å²) in [6, 6.07) is 14.3. The minimum absolute atomic E-state index is 0.438. The zero-order valence-electron chi connectivity index (χ0n) is 11.8. The normalized spacial score (nSPS) is 18.3. The fourth-order valence-corrected chi connectivity index (χ4v) is 4.10. The zero-order valence-corrected chi connectivity index (χ0v) is 14.2. The number of aliphatic hydroxyl groups excluding tert-OH is 1. The van der Waals surface area contributed by atoms with Gasteiger partial charge in [-0.05, 0) is 43.2 Å². The van der Waals surface area contributed by atoms with E-state index in [1.54, 1.807) is 6.92 Å². The van der Waals surface area contributed by atoms with Crippen molar-refractivity contribution in [2.75, 3.05) is 6.61 Å². The van der Waals surface area contributed by atoms with E-state index in [1.807, 2.05) is 30.0 Å². The Hall–Kier alpha value is -0.970. The van der Waals surface area contributed by atoms with E-state index in [1.165, 1.54) is 10.5 Å². The van der Waals surface area contributed by atoms with Crippen molar-refractivity contribution in [3.05, 3.63) is 58.1 Å². The van der Waals surface area contributed by atoms with Gasteiger partial charge in [0.2, 0.25) is 0 Å². The maximum absolute atomic E-state index is 9.86. The molecular weight excluding hydrogens is 348 g/mol. The molecule has 0 amide bonds. The van der Waals surface area contributed by atoms with Gasteiger partial charge in [0.25, 0.3) is 0 Å². The van der Waals surface area contributed by atoms with Crippen LogP contribution in [0.1, 0.15) is 24.2 Å². The highest BCUT2D eigenvalue weighted by atomic mass is 79.9. The summed E-state index contributed by atoms with van der Waals surface area (Å²) in [5.74, 6) is 0.768. The van der Waals surface area contributed by atoms with Crippen molar-refractivity contribution in [3.63, 3.8) is 0 Å². The number of aliphatic hydroxyl groups is 1. The second kappa shape index (κ2) is 6.42. The summed E-state index contributed by atoms with van der Waals surface area (Å²) in [6.07, 6.45) is 0.507. The van der Waals surface area contributed by atoms with Crippen LogP contribution in [0.4, 0.5) is 0 Å². The first-order chi connectivity index (χ1) is 10.1. The van der Waals surface area contributed by atoms with Gasteiger partial charge in [-0.2, -0.15) is 0 Å². The van der Waals surface area contributed by atoms with E-state index in [9.17, 15) is 5.11 Å². The summed E-state index contributed by atoms with van der Waals surface area (Å²) in [7, 11) is 0. The predicted molar refractivity (Wildman–Crippen MR) is 90.1 cm³/mol. The van der Waals surface area contributed by atoms with Crippen LogP contribution in [0.2, 0.25) is 0 Å². The molecule has 0 spiro atoms. The van der Waals surface area contributed by atoms with E-state index >= 15 is 0 Å². The Bertz CT molecular complexity index is 617. The highest BCUT2D eigenvalue weighted by molar-refractivity contribution is 9.10. The first kappa shape index (κ1) is 14.9. The number of fused-ring (bicyclic) bond motifs is 1. The lowest BCUT2D eigenvalue weighted by molar-refractivity contribution is 0.191. The monoisotopic (exact) mass is 364 g/mol. The molecule has 3 rings (SSSR count). The van der Waals surface area contributed by atoms with E-state index in [2.05, 4.69) is 40.2 Å². The van der Waals surface area contributed by atoms with E-state index in [0.717, 1.165) is 22.2 Å². The van der Waals surface area contributed by atoms with Crippen LogP contribution in [0.15, 0.2) is 51.8 Å². The van der Waals surface area contributed by atoms with Crippen molar-refractivity contribution in [1.29, 1.82) is 0 Å². The molecule has 0 aliphatic carbocycles. The van der Waals surface area contributed by atoms with Gasteiger partial charge in [0.05, 0.1) is 6.10 Å². The van der Waals surface area contributed by atoms with Crippen molar-refractivity contribution < 1.29 is 9.84 Å². The standard InChI is InChI=1S/C17H17BrO2S/c1-11(19)15-9-13(18)6-7-16(15)20-10-14-8-12-4-2-3-5-17(12)21-14/h2-7,9,11,14,19H,8,10H2,1H3. The smallest absolute Gasteiger partial charge is 0.125 e. The highest BCUT2D eigenvalue weighted by Crippen LogP contribution is 2.37. The zero-order chi connectivity index (χ0) is 14.8. The van der Waals surface area contributed by atoms with Crippen molar-refractivity contribution in [2.45, 2.75) is 29.6 Å². The summed E-state index contributed by atoms with van der Waals surface area (Å²) in [5.41, 5.74) is 2.23. The molecular formula is C17H17BrO2S. The van der Waals surface area contributed by atoms with Crippen molar-refractivity contribution >= 4 is 27.7 Å². The SMILES string of the molecule is CC(O)c1cc(Br)ccc1OCC1Cc2ccccc2S1. The van der Waals surface area contributed by atoms with Crippen LogP contribution in [0, 0.1) is 0 Å². The molecule has 0 aromatic heterocycles. The van der Waals surface area contributed by atoms with Crippen LogP contribution in [-0.2, 0) is 6.42 Å². The quantitative estimate of drug-likeness (QED) is 0.859.